The molecule has 14 nitrogen and oxygen atoms in total. The van der Waals surface area contributed by atoms with Crippen LogP contribution in [0.2, 0.25) is 0 Å². The normalized spacial score (nSPS) is 26.5. The van der Waals surface area contributed by atoms with Crippen LogP contribution in [0, 0.1) is 5.92 Å². The van der Waals surface area contributed by atoms with Gasteiger partial charge in [-0.15, -0.1) is 10.2 Å². The van der Waals surface area contributed by atoms with Gasteiger partial charge in [-0.25, -0.2) is 9.97 Å². The summed E-state index contributed by atoms with van der Waals surface area (Å²) in [6.45, 7) is 5.60. The van der Waals surface area contributed by atoms with Crippen molar-refractivity contribution in [1.29, 1.82) is 0 Å². The van der Waals surface area contributed by atoms with Crippen molar-refractivity contribution in [3.63, 3.8) is 0 Å². The molecule has 4 atom stereocenters. The first-order valence-corrected chi connectivity index (χ1v) is 20.5. The van der Waals surface area contributed by atoms with Crippen LogP contribution in [0.25, 0.3) is 11.3 Å². The number of piperidine rings is 2. The zero-order valence-electron chi connectivity index (χ0n) is 32.6. The Morgan fingerprint density at radius 2 is 1.63 bits per heavy atom. The van der Waals surface area contributed by atoms with E-state index in [0.717, 1.165) is 81.7 Å². The SMILES string of the molecule is C[C@@H]1CC(c2ncc(C3CCN(C4CCC(c5cccc(N[C@H]6CCC(=O)NC6=O)c5O)CC4)CC3)cn2)[C@H](N)CN(c2cc(-c3ccccc3O)nnc2N)C1. The number of para-hydroxylation sites is 2. The first-order chi connectivity index (χ1) is 27.6. The molecule has 4 aromatic rings. The Morgan fingerprint density at radius 1 is 0.877 bits per heavy atom. The van der Waals surface area contributed by atoms with E-state index >= 15 is 0 Å². The Bertz CT molecular complexity index is 2070. The predicted octanol–water partition coefficient (Wildman–Crippen LogP) is 5.01. The summed E-state index contributed by atoms with van der Waals surface area (Å²) < 4.78 is 0. The number of aromatic nitrogens is 4. The number of imide groups is 1. The van der Waals surface area contributed by atoms with Gasteiger partial charge in [-0.2, -0.15) is 0 Å². The Kier molecular flexibility index (Phi) is 11.2. The number of aromatic hydroxyl groups is 2. The second kappa shape index (κ2) is 16.6. The molecule has 0 spiro atoms. The Hall–Kier alpha value is -5.34. The van der Waals surface area contributed by atoms with Crippen molar-refractivity contribution in [3.05, 3.63) is 77.9 Å². The fourth-order valence-electron chi connectivity index (χ4n) is 9.60. The molecule has 5 heterocycles. The van der Waals surface area contributed by atoms with Crippen LogP contribution in [-0.2, 0) is 9.59 Å². The molecule has 300 valence electrons. The van der Waals surface area contributed by atoms with Gasteiger partial charge in [-0.05, 0) is 118 Å². The molecule has 0 radical (unpaired) electrons. The standard InChI is InChI=1S/C43H54N10O4/c1-25-19-32(33(44)24-53(23-25)37-20-36(50-51-41(37)45)31-5-2-3-8-38(31)54)42-46-21-28(22-47-42)26-15-17-52(18-16-26)29-11-9-27(10-12-29)30-6-4-7-34(40(30)56)48-35-13-14-39(55)49-43(35)57/h2-8,20-22,25-27,29,32-33,35,48,54,56H,9-19,23-24,44H2,1H3,(H2,45,51)(H,49,55,57)/t25-,27?,29?,32?,33-,35+/m1/s1. The third-order valence-corrected chi connectivity index (χ3v) is 12.8. The lowest BCUT2D eigenvalue weighted by molar-refractivity contribution is -0.133. The number of phenols is 2. The highest BCUT2D eigenvalue weighted by molar-refractivity contribution is 6.01. The molecule has 1 unspecified atom stereocenters. The summed E-state index contributed by atoms with van der Waals surface area (Å²) in [6, 6.07) is 14.5. The smallest absolute Gasteiger partial charge is 0.249 e. The molecular formula is C43H54N10O4. The van der Waals surface area contributed by atoms with E-state index < -0.39 is 6.04 Å². The van der Waals surface area contributed by atoms with Crippen molar-refractivity contribution in [2.75, 3.05) is 42.1 Å². The molecule has 3 saturated heterocycles. The number of hydrogen-bond donors (Lipinski definition) is 6. The molecule has 3 aliphatic heterocycles. The van der Waals surface area contributed by atoms with Crippen molar-refractivity contribution < 1.29 is 19.8 Å². The van der Waals surface area contributed by atoms with Crippen LogP contribution in [0.15, 0.2) is 60.9 Å². The topological polar surface area (TPSA) is 209 Å². The number of nitrogens with zero attached hydrogens (tertiary/aromatic N) is 6. The minimum atomic E-state index is -0.534. The van der Waals surface area contributed by atoms with Gasteiger partial charge in [0.25, 0.3) is 0 Å². The highest BCUT2D eigenvalue weighted by atomic mass is 16.3. The van der Waals surface area contributed by atoms with Crippen LogP contribution in [0.3, 0.4) is 0 Å². The maximum atomic E-state index is 12.3. The number of nitrogens with two attached hydrogens (primary N) is 2. The van der Waals surface area contributed by atoms with Crippen LogP contribution < -0.4 is 27.0 Å². The minimum Gasteiger partial charge on any atom is -0.507 e. The fourth-order valence-corrected chi connectivity index (χ4v) is 9.60. The average molecular weight is 775 g/mol. The van der Waals surface area contributed by atoms with E-state index in [0.29, 0.717) is 53.6 Å². The summed E-state index contributed by atoms with van der Waals surface area (Å²) in [7, 11) is 0. The number of carbonyl (C=O) groups excluding carboxylic acids is 2. The summed E-state index contributed by atoms with van der Waals surface area (Å²) in [5.74, 6) is 1.84. The third-order valence-electron chi connectivity index (χ3n) is 12.8. The van der Waals surface area contributed by atoms with Crippen LogP contribution in [0.1, 0.15) is 99.4 Å². The van der Waals surface area contributed by atoms with Gasteiger partial charge >= 0.3 is 0 Å². The minimum absolute atomic E-state index is 0.00401. The maximum absolute atomic E-state index is 12.3. The van der Waals surface area contributed by atoms with Gasteiger partial charge in [-0.1, -0.05) is 31.2 Å². The third kappa shape index (κ3) is 8.38. The van der Waals surface area contributed by atoms with Crippen molar-refractivity contribution in [2.45, 2.75) is 101 Å². The molecule has 57 heavy (non-hydrogen) atoms. The van der Waals surface area contributed by atoms with Crippen LogP contribution in [-0.4, -0.2) is 91.4 Å². The largest absolute Gasteiger partial charge is 0.507 e. The zero-order valence-corrected chi connectivity index (χ0v) is 32.6. The van der Waals surface area contributed by atoms with Gasteiger partial charge in [0.1, 0.15) is 23.4 Å². The van der Waals surface area contributed by atoms with Crippen molar-refractivity contribution in [3.8, 4) is 22.8 Å². The van der Waals surface area contributed by atoms with E-state index in [4.69, 9.17) is 21.4 Å². The molecule has 1 saturated carbocycles. The van der Waals surface area contributed by atoms with Gasteiger partial charge in [0, 0.05) is 55.5 Å². The number of nitrogen functional groups attached to an aromatic ring is 1. The van der Waals surface area contributed by atoms with Gasteiger partial charge in [-0.3, -0.25) is 14.9 Å². The van der Waals surface area contributed by atoms with E-state index in [2.05, 4.69) is 37.6 Å². The average Bonchev–Trinajstić information content (AvgIpc) is 3.37. The molecule has 4 aliphatic rings. The van der Waals surface area contributed by atoms with E-state index in [-0.39, 0.29) is 47.6 Å². The zero-order chi connectivity index (χ0) is 39.6. The number of benzene rings is 2. The number of phenolic OH excluding ortho intramolecular Hbond substituents is 2. The Balaban J connectivity index is 0.841. The monoisotopic (exact) mass is 774 g/mol. The van der Waals surface area contributed by atoms with Crippen LogP contribution in [0.5, 0.6) is 11.5 Å². The molecule has 8 rings (SSSR count). The molecule has 0 bridgehead atoms. The highest BCUT2D eigenvalue weighted by Crippen LogP contribution is 2.43. The molecule has 8 N–H and O–H groups in total. The Morgan fingerprint density at radius 3 is 2.37 bits per heavy atom. The number of carbonyl (C=O) groups is 2. The number of nitrogens with one attached hydrogen (secondary N) is 2. The summed E-state index contributed by atoms with van der Waals surface area (Å²) in [6.07, 6.45) is 11.9. The van der Waals surface area contributed by atoms with Crippen molar-refractivity contribution >= 4 is 29.0 Å². The number of hydrogen-bond acceptors (Lipinski definition) is 13. The summed E-state index contributed by atoms with van der Waals surface area (Å²) >= 11 is 0. The summed E-state index contributed by atoms with van der Waals surface area (Å²) in [4.78, 5) is 38.5. The number of amides is 2. The molecule has 1 aliphatic carbocycles. The molecule has 4 fully saturated rings. The van der Waals surface area contributed by atoms with E-state index in [1.807, 2.05) is 42.7 Å². The quantitative estimate of drug-likeness (QED) is 0.103. The molecular weight excluding hydrogens is 721 g/mol. The van der Waals surface area contributed by atoms with Crippen molar-refractivity contribution in [2.24, 2.45) is 11.7 Å². The molecule has 14 heteroatoms. The molecule has 2 aromatic carbocycles. The van der Waals surface area contributed by atoms with E-state index in [1.54, 1.807) is 18.2 Å². The second-order valence-electron chi connectivity index (χ2n) is 16.6. The first kappa shape index (κ1) is 38.5. The van der Waals surface area contributed by atoms with Crippen LogP contribution in [0.4, 0.5) is 17.2 Å². The van der Waals surface area contributed by atoms with E-state index in [9.17, 15) is 19.8 Å². The lowest BCUT2D eigenvalue weighted by atomic mass is 9.79. The van der Waals surface area contributed by atoms with E-state index in [1.165, 1.54) is 5.56 Å². The summed E-state index contributed by atoms with van der Waals surface area (Å²) in [5.41, 5.74) is 17.8. The lowest BCUT2D eigenvalue weighted by Gasteiger charge is -2.41. The highest BCUT2D eigenvalue weighted by Gasteiger charge is 2.34. The van der Waals surface area contributed by atoms with Gasteiger partial charge in [0.15, 0.2) is 5.82 Å². The molecule has 2 aromatic heterocycles. The second-order valence-corrected chi connectivity index (χ2v) is 16.6. The predicted molar refractivity (Wildman–Crippen MR) is 219 cm³/mol. The molecule has 2 amide bonds. The first-order valence-electron chi connectivity index (χ1n) is 20.5. The van der Waals surface area contributed by atoms with Gasteiger partial charge in [0.05, 0.1) is 17.1 Å². The maximum Gasteiger partial charge on any atom is 0.249 e. The fraction of sp³-hybridized carbons (Fsp3) is 0.488. The van der Waals surface area contributed by atoms with Gasteiger partial charge in [0.2, 0.25) is 11.8 Å². The number of likely N-dealkylation sites (tertiary alicyclic amines) is 1. The van der Waals surface area contributed by atoms with Crippen molar-refractivity contribution in [1.82, 2.24) is 30.4 Å². The number of rotatable bonds is 8. The Labute approximate surface area is 333 Å². The van der Waals surface area contributed by atoms with Crippen LogP contribution >= 0.6 is 0 Å². The van der Waals surface area contributed by atoms with Gasteiger partial charge < -0.3 is 36.8 Å². The number of anilines is 3. The lowest BCUT2D eigenvalue weighted by Crippen LogP contribution is -2.47. The summed E-state index contributed by atoms with van der Waals surface area (Å²) in [5, 5.41) is 35.7.